The van der Waals surface area contributed by atoms with Gasteiger partial charge in [-0.05, 0) is 37.6 Å². The first-order valence-corrected chi connectivity index (χ1v) is 6.16. The Labute approximate surface area is 115 Å². The molecule has 4 nitrogen and oxygen atoms in total. The Balaban J connectivity index is 2.35. The van der Waals surface area contributed by atoms with Gasteiger partial charge >= 0.3 is 5.97 Å². The van der Waals surface area contributed by atoms with E-state index in [0.29, 0.717) is 11.3 Å². The topological polar surface area (TPSA) is 58.9 Å². The molecule has 1 aromatic carbocycles. The van der Waals surface area contributed by atoms with E-state index < -0.39 is 5.97 Å². The third-order valence-corrected chi connectivity index (χ3v) is 2.78. The Kier molecular flexibility index (Phi) is 3.98. The molecule has 104 valence electrons. The molecule has 1 heterocycles. The van der Waals surface area contributed by atoms with Crippen LogP contribution in [-0.2, 0) is 9.53 Å². The lowest BCUT2D eigenvalue weighted by atomic mass is 10.1. The van der Waals surface area contributed by atoms with Crippen molar-refractivity contribution < 1.29 is 19.0 Å². The number of halogens is 1. The number of hydrogen-bond donors (Lipinski definition) is 1. The number of esters is 1. The van der Waals surface area contributed by atoms with Crippen molar-refractivity contribution in [3.8, 4) is 0 Å². The lowest BCUT2D eigenvalue weighted by Crippen LogP contribution is -2.13. The fourth-order valence-electron chi connectivity index (χ4n) is 1.85. The van der Waals surface area contributed by atoms with Crippen LogP contribution in [0.2, 0.25) is 0 Å². The van der Waals surface area contributed by atoms with Crippen LogP contribution in [0.1, 0.15) is 19.4 Å². The van der Waals surface area contributed by atoms with Gasteiger partial charge in [0.25, 0.3) is 0 Å². The number of ether oxygens (including phenoxy) is 1. The smallest absolute Gasteiger partial charge is 0.343 e. The van der Waals surface area contributed by atoms with Gasteiger partial charge < -0.3 is 9.84 Å². The van der Waals surface area contributed by atoms with Crippen LogP contribution < -0.4 is 0 Å². The Bertz CT molecular complexity index is 627. The molecule has 1 aromatic rings. The van der Waals surface area contributed by atoms with Crippen molar-refractivity contribution in [1.29, 1.82) is 0 Å². The molecule has 1 aliphatic rings. The Hall–Kier alpha value is -2.43. The third kappa shape index (κ3) is 2.77. The minimum absolute atomic E-state index is 0.0696. The van der Waals surface area contributed by atoms with Crippen LogP contribution >= 0.6 is 0 Å². The lowest BCUT2D eigenvalue weighted by Gasteiger charge is -2.02. The van der Waals surface area contributed by atoms with Gasteiger partial charge in [0, 0.05) is 0 Å². The third-order valence-electron chi connectivity index (χ3n) is 2.78. The summed E-state index contributed by atoms with van der Waals surface area (Å²) in [4.78, 5) is 15.8. The number of carbonyl (C=O) groups excluding carboxylic acids is 1. The highest BCUT2D eigenvalue weighted by Gasteiger charge is 2.27. The molecule has 0 radical (unpaired) electrons. The molecule has 0 spiro atoms. The fraction of sp³-hybridized carbons (Fsp3) is 0.200. The Morgan fingerprint density at radius 3 is 2.65 bits per heavy atom. The van der Waals surface area contributed by atoms with Crippen LogP contribution in [-0.4, -0.2) is 23.4 Å². The molecule has 0 fully saturated rings. The first-order chi connectivity index (χ1) is 9.52. The predicted octanol–water partition coefficient (Wildman–Crippen LogP) is 3.02. The Morgan fingerprint density at radius 2 is 2.05 bits per heavy atom. The molecule has 0 amide bonds. The number of hydrogen-bond acceptors (Lipinski definition) is 4. The van der Waals surface area contributed by atoms with E-state index in [1.165, 1.54) is 12.1 Å². The van der Waals surface area contributed by atoms with Crippen LogP contribution in [0.5, 0.6) is 0 Å². The number of carbonyl (C=O) groups is 1. The van der Waals surface area contributed by atoms with Crippen molar-refractivity contribution in [3.05, 3.63) is 52.7 Å². The number of aliphatic hydroxyl groups is 1. The average Bonchev–Trinajstić information content (AvgIpc) is 2.67. The highest BCUT2D eigenvalue weighted by Crippen LogP contribution is 2.26. The summed E-state index contributed by atoms with van der Waals surface area (Å²) in [5, 5.41) is 10.1. The van der Waals surface area contributed by atoms with Gasteiger partial charge in [0.15, 0.2) is 5.76 Å². The summed E-state index contributed by atoms with van der Waals surface area (Å²) in [6.45, 7) is 3.53. The van der Waals surface area contributed by atoms with Crippen LogP contribution in [0.3, 0.4) is 0 Å². The van der Waals surface area contributed by atoms with Crippen LogP contribution in [0, 0.1) is 5.82 Å². The van der Waals surface area contributed by atoms with Gasteiger partial charge in [-0.15, -0.1) is 0 Å². The zero-order valence-corrected chi connectivity index (χ0v) is 11.2. The average molecular weight is 275 g/mol. The van der Waals surface area contributed by atoms with Gasteiger partial charge in [-0.25, -0.2) is 14.2 Å². The maximum atomic E-state index is 12.8. The minimum Gasteiger partial charge on any atom is -0.505 e. The van der Waals surface area contributed by atoms with Crippen LogP contribution in [0.25, 0.3) is 6.08 Å². The summed E-state index contributed by atoms with van der Waals surface area (Å²) in [5.74, 6) is -1.16. The zero-order valence-electron chi connectivity index (χ0n) is 11.2. The number of aliphatic hydroxyl groups excluding tert-OH is 1. The summed E-state index contributed by atoms with van der Waals surface area (Å²) in [7, 11) is 0. The normalized spacial score (nSPS) is 16.6. The van der Waals surface area contributed by atoms with Crippen molar-refractivity contribution in [1.82, 2.24) is 0 Å². The molecule has 0 saturated heterocycles. The van der Waals surface area contributed by atoms with E-state index >= 15 is 0 Å². The molecule has 20 heavy (non-hydrogen) atoms. The van der Waals surface area contributed by atoms with E-state index in [0.717, 1.165) is 0 Å². The predicted molar refractivity (Wildman–Crippen MR) is 73.8 cm³/mol. The first kappa shape index (κ1) is 14.0. The van der Waals surface area contributed by atoms with Crippen molar-refractivity contribution >= 4 is 17.8 Å². The number of aliphatic imine (C=N–C) groups is 1. The molecule has 2 rings (SSSR count). The maximum absolute atomic E-state index is 12.8. The lowest BCUT2D eigenvalue weighted by molar-refractivity contribution is -0.138. The fourth-order valence-corrected chi connectivity index (χ4v) is 1.85. The summed E-state index contributed by atoms with van der Waals surface area (Å²) in [6.07, 6.45) is 1.57. The quantitative estimate of drug-likeness (QED) is 0.863. The van der Waals surface area contributed by atoms with E-state index in [1.807, 2.05) is 0 Å². The summed E-state index contributed by atoms with van der Waals surface area (Å²) in [5.41, 5.74) is 1.40. The summed E-state index contributed by atoms with van der Waals surface area (Å²) < 4.78 is 17.7. The highest BCUT2D eigenvalue weighted by molar-refractivity contribution is 6.22. The molecule has 0 unspecified atom stereocenters. The second kappa shape index (κ2) is 5.69. The Morgan fingerprint density at radius 1 is 1.40 bits per heavy atom. The SMILES string of the molecule is CCOC(=O)C1=C(O)/C(=C/c2ccc(F)cc2)N=C1C. The molecular weight excluding hydrogens is 261 g/mol. The number of nitrogens with zero attached hydrogens (tertiary/aromatic N) is 1. The minimum atomic E-state index is -0.603. The molecule has 0 bridgehead atoms. The van der Waals surface area contributed by atoms with E-state index in [1.54, 1.807) is 32.1 Å². The monoisotopic (exact) mass is 275 g/mol. The van der Waals surface area contributed by atoms with Gasteiger partial charge in [0.1, 0.15) is 17.1 Å². The second-order valence-electron chi connectivity index (χ2n) is 4.22. The second-order valence-corrected chi connectivity index (χ2v) is 4.22. The number of benzene rings is 1. The van der Waals surface area contributed by atoms with Gasteiger partial charge in [-0.2, -0.15) is 0 Å². The zero-order chi connectivity index (χ0) is 14.7. The summed E-state index contributed by atoms with van der Waals surface area (Å²) >= 11 is 0. The van der Waals surface area contributed by atoms with Crippen molar-refractivity contribution in [2.75, 3.05) is 6.61 Å². The molecule has 0 saturated carbocycles. The molecule has 1 aliphatic heterocycles. The van der Waals surface area contributed by atoms with Crippen LogP contribution in [0.4, 0.5) is 4.39 Å². The van der Waals surface area contributed by atoms with Gasteiger partial charge in [-0.1, -0.05) is 12.1 Å². The summed E-state index contributed by atoms with van der Waals surface area (Å²) in [6, 6.07) is 5.74. The van der Waals surface area contributed by atoms with E-state index in [-0.39, 0.29) is 29.5 Å². The molecule has 5 heteroatoms. The molecule has 0 aromatic heterocycles. The molecule has 0 atom stereocenters. The largest absolute Gasteiger partial charge is 0.505 e. The van der Waals surface area contributed by atoms with E-state index in [4.69, 9.17) is 4.74 Å². The molecular formula is C15H14FNO3. The van der Waals surface area contributed by atoms with Gasteiger partial charge in [0.05, 0.1) is 12.3 Å². The molecule has 1 N–H and O–H groups in total. The molecule has 0 aliphatic carbocycles. The van der Waals surface area contributed by atoms with E-state index in [2.05, 4.69) is 4.99 Å². The highest BCUT2D eigenvalue weighted by atomic mass is 19.1. The van der Waals surface area contributed by atoms with E-state index in [9.17, 15) is 14.3 Å². The van der Waals surface area contributed by atoms with Crippen molar-refractivity contribution in [2.24, 2.45) is 4.99 Å². The first-order valence-electron chi connectivity index (χ1n) is 6.16. The van der Waals surface area contributed by atoms with Crippen molar-refractivity contribution in [3.63, 3.8) is 0 Å². The number of rotatable bonds is 3. The van der Waals surface area contributed by atoms with Gasteiger partial charge in [-0.3, -0.25) is 0 Å². The van der Waals surface area contributed by atoms with Gasteiger partial charge in [0.2, 0.25) is 0 Å². The van der Waals surface area contributed by atoms with Crippen molar-refractivity contribution in [2.45, 2.75) is 13.8 Å². The standard InChI is InChI=1S/C15H14FNO3/c1-3-20-15(19)13-9(2)17-12(14(13)18)8-10-4-6-11(16)7-5-10/h4-8,18H,3H2,1-2H3/b12-8-. The maximum Gasteiger partial charge on any atom is 0.343 e. The van der Waals surface area contributed by atoms with Crippen LogP contribution in [0.15, 0.2) is 46.3 Å².